The van der Waals surface area contributed by atoms with Gasteiger partial charge in [0, 0.05) is 0 Å². The molecule has 0 spiro atoms. The molecule has 0 aliphatic carbocycles. The van der Waals surface area contributed by atoms with Crippen molar-refractivity contribution in [2.24, 2.45) is 0 Å². The van der Waals surface area contributed by atoms with Gasteiger partial charge in [-0.25, -0.2) is 0 Å². The number of hydrogen-bond acceptors (Lipinski definition) is 1. The third-order valence-corrected chi connectivity index (χ3v) is 1.58. The zero-order valence-corrected chi connectivity index (χ0v) is 7.47. The van der Waals surface area contributed by atoms with Crippen molar-refractivity contribution < 1.29 is 25.8 Å². The minimum atomic E-state index is 0. The smallest absolute Gasteiger partial charge is 0.657 e. The summed E-state index contributed by atoms with van der Waals surface area (Å²) in [5, 5.41) is 4.21. The first-order valence-corrected chi connectivity index (χ1v) is 2.75. The van der Waals surface area contributed by atoms with Crippen LogP contribution < -0.4 is 0 Å². The van der Waals surface area contributed by atoms with Crippen LogP contribution in [0.15, 0.2) is 0 Å². The summed E-state index contributed by atoms with van der Waals surface area (Å²) in [6, 6.07) is 0.597. The van der Waals surface area contributed by atoms with Crippen LogP contribution in [0.2, 0.25) is 0 Å². The van der Waals surface area contributed by atoms with Gasteiger partial charge in [0.15, 0.2) is 0 Å². The van der Waals surface area contributed by atoms with Gasteiger partial charge in [-0.05, 0) is 0 Å². The van der Waals surface area contributed by atoms with Crippen molar-refractivity contribution in [2.45, 2.75) is 18.6 Å². The summed E-state index contributed by atoms with van der Waals surface area (Å²) in [6.45, 7) is 2.04. The fraction of sp³-hybridized carbons (Fsp3) is 1.00. The van der Waals surface area contributed by atoms with Gasteiger partial charge in [0.05, 0.1) is 12.7 Å². The summed E-state index contributed by atoms with van der Waals surface area (Å²) in [4.78, 5) is 0. The first kappa shape index (κ1) is 6.72. The molecular weight excluding hydrogens is 274 g/mol. The van der Waals surface area contributed by atoms with Crippen molar-refractivity contribution in [3.05, 3.63) is 5.32 Å². The molecule has 2 atom stereocenters. The molecule has 44 valence electrons. The van der Waals surface area contributed by atoms with Gasteiger partial charge in [-0.15, -0.1) is 6.04 Å². The Balaban J connectivity index is 0.000000320. The second-order valence-electron chi connectivity index (χ2n) is 2.13. The van der Waals surface area contributed by atoms with Gasteiger partial charge < -0.3 is 10.1 Å². The third-order valence-electron chi connectivity index (χ3n) is 1.58. The van der Waals surface area contributed by atoms with Crippen molar-refractivity contribution in [1.29, 1.82) is 0 Å². The molecule has 2 aliphatic heterocycles. The molecule has 0 aromatic carbocycles. The molecule has 0 amide bonds. The number of ether oxygens (including phenoxy) is 1. The van der Waals surface area contributed by atoms with Crippen LogP contribution in [0.5, 0.6) is 0 Å². The van der Waals surface area contributed by atoms with Crippen molar-refractivity contribution in [1.82, 2.24) is 0 Å². The zero-order chi connectivity index (χ0) is 4.69. The van der Waals surface area contributed by atoms with Crippen LogP contribution in [0.3, 0.4) is 0 Å². The maximum absolute atomic E-state index is 5.02. The molecule has 2 nitrogen and oxygen atoms in total. The Hall–Kier alpha value is 0.608. The van der Waals surface area contributed by atoms with Crippen LogP contribution in [0, 0.1) is 0 Å². The topological polar surface area (TPSA) is 26.6 Å². The van der Waals surface area contributed by atoms with Gasteiger partial charge in [0.1, 0.15) is 0 Å². The Labute approximate surface area is 63.2 Å². The molecule has 2 rings (SSSR count). The number of rotatable bonds is 1. The molecular formula is C5H8NOW+. The Morgan fingerprint density at radius 1 is 1.50 bits per heavy atom. The summed E-state index contributed by atoms with van der Waals surface area (Å²) in [7, 11) is 0. The Morgan fingerprint density at radius 3 is 2.25 bits per heavy atom. The standard InChI is InChI=1S/C5H8NO.W/c1-2-6-4(1)5-3-7-5;/h4-5H,1-3H2;/q-1;+2. The first-order chi connectivity index (χ1) is 3.47. The normalized spacial score (nSPS) is 42.0. The maximum Gasteiger partial charge on any atom is 2.00 e. The fourth-order valence-electron chi connectivity index (χ4n) is 0.859. The Morgan fingerprint density at radius 2 is 2.12 bits per heavy atom. The molecule has 0 N–H and O–H groups in total. The first-order valence-electron chi connectivity index (χ1n) is 2.75. The van der Waals surface area contributed by atoms with Gasteiger partial charge in [-0.3, -0.25) is 0 Å². The molecule has 0 aromatic rings. The van der Waals surface area contributed by atoms with Gasteiger partial charge in [-0.2, -0.15) is 6.54 Å². The van der Waals surface area contributed by atoms with Crippen LogP contribution in [0.25, 0.3) is 5.32 Å². The molecule has 2 heterocycles. The molecule has 0 saturated carbocycles. The monoisotopic (exact) mass is 282 g/mol. The number of hydrogen-bond donors (Lipinski definition) is 0. The molecule has 2 unspecified atom stereocenters. The van der Waals surface area contributed by atoms with Gasteiger partial charge in [-0.1, -0.05) is 6.42 Å². The quantitative estimate of drug-likeness (QED) is 0.644. The van der Waals surface area contributed by atoms with Crippen LogP contribution >= 0.6 is 0 Å². The largest absolute Gasteiger partial charge is 2.00 e. The summed E-state index contributed by atoms with van der Waals surface area (Å²) >= 11 is 0. The van der Waals surface area contributed by atoms with Crippen molar-refractivity contribution in [3.63, 3.8) is 0 Å². The molecule has 0 bridgehead atoms. The molecule has 2 fully saturated rings. The predicted octanol–water partition coefficient (Wildman–Crippen LogP) is 0.529. The van der Waals surface area contributed by atoms with Gasteiger partial charge >= 0.3 is 21.1 Å². The van der Waals surface area contributed by atoms with E-state index in [0.29, 0.717) is 12.1 Å². The van der Waals surface area contributed by atoms with E-state index in [1.807, 2.05) is 0 Å². The zero-order valence-electron chi connectivity index (χ0n) is 4.54. The molecule has 3 heteroatoms. The summed E-state index contributed by atoms with van der Waals surface area (Å²) < 4.78 is 5.02. The van der Waals surface area contributed by atoms with E-state index in [-0.39, 0.29) is 21.1 Å². The second-order valence-corrected chi connectivity index (χ2v) is 2.13. The van der Waals surface area contributed by atoms with E-state index in [1.54, 1.807) is 0 Å². The summed E-state index contributed by atoms with van der Waals surface area (Å²) in [5.74, 6) is 0. The third kappa shape index (κ3) is 1.12. The Kier molecular flexibility index (Phi) is 2.07. The Bertz CT molecular complexity index is 80.5. The minimum Gasteiger partial charge on any atom is -0.657 e. The average Bonchev–Trinajstić information content (AvgIpc) is 2.10. The minimum absolute atomic E-state index is 0. The molecule has 8 heavy (non-hydrogen) atoms. The van der Waals surface area contributed by atoms with E-state index >= 15 is 0 Å². The van der Waals surface area contributed by atoms with E-state index in [1.165, 1.54) is 6.42 Å². The average molecular weight is 282 g/mol. The van der Waals surface area contributed by atoms with E-state index in [9.17, 15) is 0 Å². The molecule has 0 radical (unpaired) electrons. The van der Waals surface area contributed by atoms with E-state index in [4.69, 9.17) is 4.74 Å². The number of epoxide rings is 1. The van der Waals surface area contributed by atoms with Crippen LogP contribution in [-0.2, 0) is 25.8 Å². The van der Waals surface area contributed by atoms with Crippen LogP contribution in [-0.4, -0.2) is 25.3 Å². The second kappa shape index (κ2) is 2.47. The van der Waals surface area contributed by atoms with E-state index in [2.05, 4.69) is 5.32 Å². The summed E-state index contributed by atoms with van der Waals surface area (Å²) in [5.41, 5.74) is 0. The SMILES string of the molecule is C1CC(C2CO2)[N-]1.[W+2]. The maximum atomic E-state index is 5.02. The number of nitrogens with zero attached hydrogens (tertiary/aromatic N) is 1. The molecule has 2 aliphatic rings. The molecule has 2 saturated heterocycles. The van der Waals surface area contributed by atoms with Crippen molar-refractivity contribution in [2.75, 3.05) is 13.2 Å². The summed E-state index contributed by atoms with van der Waals surface area (Å²) in [6.07, 6.45) is 1.80. The fourth-order valence-corrected chi connectivity index (χ4v) is 0.859. The van der Waals surface area contributed by atoms with Crippen molar-refractivity contribution in [3.8, 4) is 0 Å². The van der Waals surface area contributed by atoms with Crippen LogP contribution in [0.4, 0.5) is 0 Å². The predicted molar refractivity (Wildman–Crippen MR) is 26.4 cm³/mol. The molecule has 0 aromatic heterocycles. The van der Waals surface area contributed by atoms with Crippen molar-refractivity contribution >= 4 is 0 Å². The van der Waals surface area contributed by atoms with Gasteiger partial charge in [0.2, 0.25) is 0 Å². The van der Waals surface area contributed by atoms with E-state index < -0.39 is 0 Å². The van der Waals surface area contributed by atoms with Crippen LogP contribution in [0.1, 0.15) is 6.42 Å². The van der Waals surface area contributed by atoms with Gasteiger partial charge in [0.25, 0.3) is 0 Å². The van der Waals surface area contributed by atoms with E-state index in [0.717, 1.165) is 13.2 Å².